The molecule has 0 bridgehead atoms. The summed E-state index contributed by atoms with van der Waals surface area (Å²) in [6.45, 7) is 3.46. The minimum absolute atomic E-state index is 0.0540. The van der Waals surface area contributed by atoms with Gasteiger partial charge in [0.1, 0.15) is 18.1 Å². The summed E-state index contributed by atoms with van der Waals surface area (Å²) in [5, 5.41) is 26.1. The molecular weight excluding hydrogens is 488 g/mol. The highest BCUT2D eigenvalue weighted by Crippen LogP contribution is 2.08. The van der Waals surface area contributed by atoms with Gasteiger partial charge in [-0.1, -0.05) is 44.2 Å². The maximum atomic E-state index is 13.1. The molecule has 0 aliphatic carbocycles. The normalized spacial score (nSPS) is 14.2. The summed E-state index contributed by atoms with van der Waals surface area (Å²) < 4.78 is 0. The smallest absolute Gasteiger partial charge is 0.326 e. The predicted octanol–water partition coefficient (Wildman–Crippen LogP) is 0.369. The van der Waals surface area contributed by atoms with Gasteiger partial charge in [0.05, 0.1) is 6.04 Å². The highest BCUT2D eigenvalue weighted by Gasteiger charge is 2.31. The van der Waals surface area contributed by atoms with Gasteiger partial charge in [-0.2, -0.15) is 11.8 Å². The van der Waals surface area contributed by atoms with Crippen LogP contribution >= 0.6 is 11.8 Å². The van der Waals surface area contributed by atoms with E-state index >= 15 is 0 Å². The number of nitrogens with two attached hydrogens (primary N) is 1. The van der Waals surface area contributed by atoms with Crippen molar-refractivity contribution in [2.75, 3.05) is 12.0 Å². The first kappa shape index (κ1) is 30.9. The highest BCUT2D eigenvalue weighted by molar-refractivity contribution is 7.98. The molecule has 0 heterocycles. The molecule has 200 valence electrons. The first-order valence-corrected chi connectivity index (χ1v) is 13.0. The van der Waals surface area contributed by atoms with Crippen molar-refractivity contribution >= 4 is 41.4 Å². The van der Waals surface area contributed by atoms with Gasteiger partial charge in [-0.25, -0.2) is 4.79 Å². The van der Waals surface area contributed by atoms with E-state index in [4.69, 9.17) is 10.8 Å². The topological polar surface area (TPSA) is 188 Å². The van der Waals surface area contributed by atoms with E-state index < -0.39 is 60.2 Å². The molecule has 0 spiro atoms. The average Bonchev–Trinajstić information content (AvgIpc) is 2.83. The molecule has 0 fully saturated rings. The molecule has 1 aromatic carbocycles. The minimum Gasteiger partial charge on any atom is -0.481 e. The number of hydrogen-bond donors (Lipinski definition) is 6. The molecule has 0 aromatic heterocycles. The van der Waals surface area contributed by atoms with Crippen LogP contribution in [-0.2, 0) is 30.4 Å². The summed E-state index contributed by atoms with van der Waals surface area (Å²) in [7, 11) is 0. The van der Waals surface area contributed by atoms with Crippen LogP contribution in [-0.4, -0.2) is 76.0 Å². The average molecular weight is 525 g/mol. The number of nitrogens with one attached hydrogen (secondary N) is 3. The zero-order valence-corrected chi connectivity index (χ0v) is 21.5. The predicted molar refractivity (Wildman–Crippen MR) is 136 cm³/mol. The van der Waals surface area contributed by atoms with Crippen LogP contribution < -0.4 is 21.7 Å². The van der Waals surface area contributed by atoms with Crippen molar-refractivity contribution in [2.24, 2.45) is 11.7 Å². The SMILES string of the molecule is CSCCC(NC(=O)C(Cc1ccccc1)NC(=O)C(CCC(=O)O)NC(=O)C(N)C(C)C)C(=O)O. The monoisotopic (exact) mass is 524 g/mol. The molecule has 0 aliphatic rings. The zero-order chi connectivity index (χ0) is 27.3. The lowest BCUT2D eigenvalue weighted by Crippen LogP contribution is -2.58. The number of benzene rings is 1. The fraction of sp³-hybridized carbons (Fsp3) is 0.542. The largest absolute Gasteiger partial charge is 0.481 e. The van der Waals surface area contributed by atoms with Crippen molar-refractivity contribution in [1.29, 1.82) is 0 Å². The molecule has 3 amide bonds. The first-order chi connectivity index (χ1) is 17.0. The molecular formula is C24H36N4O7S. The lowest BCUT2D eigenvalue weighted by Gasteiger charge is -2.25. The van der Waals surface area contributed by atoms with Crippen LogP contribution in [0.15, 0.2) is 30.3 Å². The molecule has 0 radical (unpaired) electrons. The van der Waals surface area contributed by atoms with E-state index in [1.807, 2.05) is 6.26 Å². The molecule has 0 saturated carbocycles. The zero-order valence-electron chi connectivity index (χ0n) is 20.7. The Labute approximate surface area is 215 Å². The maximum absolute atomic E-state index is 13.1. The molecule has 12 heteroatoms. The number of aliphatic carboxylic acids is 2. The minimum atomic E-state index is -1.25. The van der Waals surface area contributed by atoms with Crippen molar-refractivity contribution in [2.45, 2.75) is 63.7 Å². The molecule has 11 nitrogen and oxygen atoms in total. The van der Waals surface area contributed by atoms with E-state index in [-0.39, 0.29) is 25.2 Å². The summed E-state index contributed by atoms with van der Waals surface area (Å²) in [6.07, 6.45) is 1.44. The molecule has 1 aromatic rings. The van der Waals surface area contributed by atoms with Gasteiger partial charge in [-0.3, -0.25) is 19.2 Å². The Bertz CT molecular complexity index is 898. The number of carboxylic acids is 2. The van der Waals surface area contributed by atoms with Crippen LogP contribution in [0.2, 0.25) is 0 Å². The Hall–Kier alpha value is -3.12. The van der Waals surface area contributed by atoms with Crippen LogP contribution in [0, 0.1) is 5.92 Å². The maximum Gasteiger partial charge on any atom is 0.326 e. The second kappa shape index (κ2) is 15.8. The molecule has 36 heavy (non-hydrogen) atoms. The Morgan fingerprint density at radius 2 is 1.42 bits per heavy atom. The summed E-state index contributed by atoms with van der Waals surface area (Å²) in [5.74, 6) is -4.17. The lowest BCUT2D eigenvalue weighted by molar-refractivity contribution is -0.142. The quantitative estimate of drug-likeness (QED) is 0.177. The Kier molecular flexibility index (Phi) is 13.6. The van der Waals surface area contributed by atoms with E-state index in [1.165, 1.54) is 11.8 Å². The van der Waals surface area contributed by atoms with Crippen molar-refractivity contribution in [3.05, 3.63) is 35.9 Å². The molecule has 1 rings (SSSR count). The number of thioether (sulfide) groups is 1. The number of rotatable bonds is 16. The van der Waals surface area contributed by atoms with Crippen LogP contribution in [0.25, 0.3) is 0 Å². The van der Waals surface area contributed by atoms with Crippen LogP contribution in [0.1, 0.15) is 38.7 Å². The lowest BCUT2D eigenvalue weighted by atomic mass is 10.0. The van der Waals surface area contributed by atoms with Crippen LogP contribution in [0.4, 0.5) is 0 Å². The number of amides is 3. The van der Waals surface area contributed by atoms with Crippen molar-refractivity contribution in [1.82, 2.24) is 16.0 Å². The molecule has 4 unspecified atom stereocenters. The number of hydrogen-bond acceptors (Lipinski definition) is 7. The Balaban J connectivity index is 3.13. The second-order valence-electron chi connectivity index (χ2n) is 8.70. The van der Waals surface area contributed by atoms with Gasteiger partial charge in [-0.05, 0) is 36.3 Å². The van der Waals surface area contributed by atoms with Crippen molar-refractivity contribution < 1.29 is 34.2 Å². The summed E-state index contributed by atoms with van der Waals surface area (Å²) in [5.41, 5.74) is 6.57. The molecule has 4 atom stereocenters. The first-order valence-electron chi connectivity index (χ1n) is 11.6. The van der Waals surface area contributed by atoms with E-state index in [1.54, 1.807) is 44.2 Å². The highest BCUT2D eigenvalue weighted by atomic mass is 32.2. The standard InChI is InChI=1S/C24H36N4O7S/c1-14(2)20(25)23(33)26-16(9-10-19(29)30)21(31)28-18(13-15-7-5-4-6-8-15)22(32)27-17(24(34)35)11-12-36-3/h4-8,14,16-18,20H,9-13,25H2,1-3H3,(H,26,33)(H,27,32)(H,28,31)(H,29,30)(H,34,35). The van der Waals surface area contributed by atoms with Gasteiger partial charge in [0.2, 0.25) is 17.7 Å². The van der Waals surface area contributed by atoms with E-state index in [9.17, 15) is 29.1 Å². The molecule has 0 aliphatic heterocycles. The summed E-state index contributed by atoms with van der Waals surface area (Å²) in [6, 6.07) is 4.32. The van der Waals surface area contributed by atoms with Gasteiger partial charge in [-0.15, -0.1) is 0 Å². The summed E-state index contributed by atoms with van der Waals surface area (Å²) >= 11 is 1.43. The van der Waals surface area contributed by atoms with E-state index in [2.05, 4.69) is 16.0 Å². The third kappa shape index (κ3) is 11.1. The van der Waals surface area contributed by atoms with Gasteiger partial charge in [0, 0.05) is 12.8 Å². The fourth-order valence-corrected chi connectivity index (χ4v) is 3.68. The van der Waals surface area contributed by atoms with Gasteiger partial charge in [0.25, 0.3) is 0 Å². The third-order valence-electron chi connectivity index (χ3n) is 5.44. The van der Waals surface area contributed by atoms with Gasteiger partial charge < -0.3 is 31.9 Å². The van der Waals surface area contributed by atoms with Gasteiger partial charge >= 0.3 is 11.9 Å². The Morgan fingerprint density at radius 1 is 0.861 bits per heavy atom. The van der Waals surface area contributed by atoms with E-state index in [0.29, 0.717) is 11.3 Å². The number of carbonyl (C=O) groups excluding carboxylic acids is 3. The van der Waals surface area contributed by atoms with Crippen LogP contribution in [0.5, 0.6) is 0 Å². The van der Waals surface area contributed by atoms with E-state index in [0.717, 1.165) is 0 Å². The molecule has 7 N–H and O–H groups in total. The molecule has 0 saturated heterocycles. The Morgan fingerprint density at radius 3 is 1.94 bits per heavy atom. The van der Waals surface area contributed by atoms with Crippen LogP contribution in [0.3, 0.4) is 0 Å². The van der Waals surface area contributed by atoms with Crippen molar-refractivity contribution in [3.63, 3.8) is 0 Å². The van der Waals surface area contributed by atoms with Gasteiger partial charge in [0.15, 0.2) is 0 Å². The fourth-order valence-electron chi connectivity index (χ4n) is 3.20. The van der Waals surface area contributed by atoms with Crippen molar-refractivity contribution in [3.8, 4) is 0 Å². The second-order valence-corrected chi connectivity index (χ2v) is 9.68. The summed E-state index contributed by atoms with van der Waals surface area (Å²) in [4.78, 5) is 61.4. The number of carboxylic acid groups (broad SMARTS) is 2. The number of carbonyl (C=O) groups is 5. The third-order valence-corrected chi connectivity index (χ3v) is 6.09.